The average Bonchev–Trinajstić information content (AvgIpc) is 3.02. The van der Waals surface area contributed by atoms with Gasteiger partial charge in [-0.1, -0.05) is 23.8 Å². The summed E-state index contributed by atoms with van der Waals surface area (Å²) in [6, 6.07) is 13.9. The number of benzene rings is 2. The molecule has 0 radical (unpaired) electrons. The molecule has 0 aliphatic heterocycles. The van der Waals surface area contributed by atoms with Gasteiger partial charge in [0, 0.05) is 29.7 Å². The van der Waals surface area contributed by atoms with Gasteiger partial charge in [0.25, 0.3) is 0 Å². The maximum Gasteiger partial charge on any atom is 0.244 e. The molecule has 0 bridgehead atoms. The van der Waals surface area contributed by atoms with E-state index in [9.17, 15) is 4.79 Å². The van der Waals surface area contributed by atoms with Crippen molar-refractivity contribution in [3.05, 3.63) is 71.4 Å². The number of ether oxygens (including phenoxy) is 1. The van der Waals surface area contributed by atoms with E-state index < -0.39 is 0 Å². The van der Waals surface area contributed by atoms with Crippen molar-refractivity contribution in [1.82, 2.24) is 10.3 Å². The highest BCUT2D eigenvalue weighted by Crippen LogP contribution is 2.19. The Kier molecular flexibility index (Phi) is 5.19. The molecule has 0 unspecified atom stereocenters. The van der Waals surface area contributed by atoms with Gasteiger partial charge in [-0.15, -0.1) is 0 Å². The van der Waals surface area contributed by atoms with Crippen LogP contribution in [-0.4, -0.2) is 24.5 Å². The van der Waals surface area contributed by atoms with Crippen LogP contribution in [0.1, 0.15) is 16.7 Å². The number of carbonyl (C=O) groups is 1. The minimum absolute atomic E-state index is 0.0909. The highest BCUT2D eigenvalue weighted by Gasteiger charge is 2.04. The number of nitrogens with one attached hydrogen (secondary N) is 2. The first kappa shape index (κ1) is 16.8. The highest BCUT2D eigenvalue weighted by atomic mass is 16.5. The van der Waals surface area contributed by atoms with Crippen LogP contribution < -0.4 is 10.1 Å². The minimum Gasteiger partial charge on any atom is -0.497 e. The molecule has 0 spiro atoms. The Bertz CT molecular complexity index is 892. The van der Waals surface area contributed by atoms with Gasteiger partial charge < -0.3 is 15.0 Å². The van der Waals surface area contributed by atoms with Crippen LogP contribution in [0.3, 0.4) is 0 Å². The van der Waals surface area contributed by atoms with Gasteiger partial charge in [0.2, 0.25) is 5.91 Å². The fourth-order valence-corrected chi connectivity index (χ4v) is 2.77. The quantitative estimate of drug-likeness (QED) is 0.673. The van der Waals surface area contributed by atoms with Gasteiger partial charge >= 0.3 is 0 Å². The monoisotopic (exact) mass is 334 g/mol. The number of hydrogen-bond acceptors (Lipinski definition) is 2. The van der Waals surface area contributed by atoms with Gasteiger partial charge in [-0.2, -0.15) is 0 Å². The third kappa shape index (κ3) is 4.29. The smallest absolute Gasteiger partial charge is 0.244 e. The van der Waals surface area contributed by atoms with Crippen molar-refractivity contribution in [1.29, 1.82) is 0 Å². The molecule has 3 aromatic rings. The summed E-state index contributed by atoms with van der Waals surface area (Å²) in [5.74, 6) is 0.711. The number of amides is 1. The molecule has 0 atom stereocenters. The highest BCUT2D eigenvalue weighted by molar-refractivity contribution is 5.91. The second kappa shape index (κ2) is 7.71. The number of methoxy groups -OCH3 is 1. The zero-order chi connectivity index (χ0) is 17.6. The molecule has 2 N–H and O–H groups in total. The minimum atomic E-state index is -0.0909. The SMILES string of the molecule is COc1ccc(C=CC(=O)NCCc2c[nH]c3ccc(C)cc23)cc1. The fraction of sp³-hybridized carbons (Fsp3) is 0.190. The Balaban J connectivity index is 1.53. The van der Waals surface area contributed by atoms with Crippen molar-refractivity contribution in [2.24, 2.45) is 0 Å². The zero-order valence-corrected chi connectivity index (χ0v) is 14.5. The van der Waals surface area contributed by atoms with E-state index in [2.05, 4.69) is 35.4 Å². The summed E-state index contributed by atoms with van der Waals surface area (Å²) in [5, 5.41) is 4.15. The maximum atomic E-state index is 12.0. The van der Waals surface area contributed by atoms with Gasteiger partial charge in [0.05, 0.1) is 7.11 Å². The summed E-state index contributed by atoms with van der Waals surface area (Å²) < 4.78 is 5.12. The predicted octanol–water partition coefficient (Wildman–Crippen LogP) is 3.86. The molecule has 4 nitrogen and oxygen atoms in total. The van der Waals surface area contributed by atoms with Crippen LogP contribution in [0.5, 0.6) is 5.75 Å². The van der Waals surface area contributed by atoms with Crippen LogP contribution in [0, 0.1) is 6.92 Å². The Morgan fingerprint density at radius 1 is 1.20 bits per heavy atom. The summed E-state index contributed by atoms with van der Waals surface area (Å²) in [6.07, 6.45) is 6.17. The molecule has 4 heteroatoms. The molecular formula is C21H22N2O2. The standard InChI is InChI=1S/C21H22N2O2/c1-15-3-9-20-19(13-15)17(14-23-20)11-12-22-21(24)10-6-16-4-7-18(25-2)8-5-16/h3-10,13-14,23H,11-12H2,1-2H3,(H,22,24). The Labute approximate surface area is 147 Å². The number of aromatic amines is 1. The Morgan fingerprint density at radius 3 is 2.76 bits per heavy atom. The van der Waals surface area contributed by atoms with Crippen LogP contribution in [0.15, 0.2) is 54.7 Å². The summed E-state index contributed by atoms with van der Waals surface area (Å²) in [5.41, 5.74) is 4.55. The molecule has 2 aromatic carbocycles. The molecule has 1 heterocycles. The third-order valence-corrected chi connectivity index (χ3v) is 4.16. The van der Waals surface area contributed by atoms with Gasteiger partial charge in [-0.3, -0.25) is 4.79 Å². The molecule has 1 aromatic heterocycles. The lowest BCUT2D eigenvalue weighted by Gasteiger charge is -2.03. The number of hydrogen-bond donors (Lipinski definition) is 2. The van der Waals surface area contributed by atoms with E-state index in [4.69, 9.17) is 4.74 Å². The normalized spacial score (nSPS) is 11.1. The lowest BCUT2D eigenvalue weighted by Crippen LogP contribution is -2.23. The van der Waals surface area contributed by atoms with Crippen molar-refractivity contribution < 1.29 is 9.53 Å². The first-order valence-electron chi connectivity index (χ1n) is 8.32. The van der Waals surface area contributed by atoms with Crippen molar-refractivity contribution >= 4 is 22.9 Å². The number of rotatable bonds is 6. The molecular weight excluding hydrogens is 312 g/mol. The van der Waals surface area contributed by atoms with Crippen LogP contribution in [-0.2, 0) is 11.2 Å². The van der Waals surface area contributed by atoms with Gasteiger partial charge in [-0.05, 0) is 54.8 Å². The van der Waals surface area contributed by atoms with Gasteiger partial charge in [0.15, 0.2) is 0 Å². The predicted molar refractivity (Wildman–Crippen MR) is 102 cm³/mol. The van der Waals surface area contributed by atoms with Crippen LogP contribution in [0.2, 0.25) is 0 Å². The van der Waals surface area contributed by atoms with Crippen LogP contribution in [0.4, 0.5) is 0 Å². The summed E-state index contributed by atoms with van der Waals surface area (Å²) in [4.78, 5) is 15.2. The molecule has 0 aliphatic carbocycles. The molecule has 128 valence electrons. The number of H-pyrrole nitrogens is 1. The summed E-state index contributed by atoms with van der Waals surface area (Å²) in [7, 11) is 1.63. The van der Waals surface area contributed by atoms with Crippen molar-refractivity contribution in [2.75, 3.05) is 13.7 Å². The first-order chi connectivity index (χ1) is 12.2. The number of aryl methyl sites for hydroxylation is 1. The van der Waals surface area contributed by atoms with E-state index >= 15 is 0 Å². The van der Waals surface area contributed by atoms with E-state index in [-0.39, 0.29) is 5.91 Å². The topological polar surface area (TPSA) is 54.1 Å². The number of aromatic nitrogens is 1. The van der Waals surface area contributed by atoms with E-state index in [0.717, 1.165) is 23.3 Å². The van der Waals surface area contributed by atoms with Crippen molar-refractivity contribution in [2.45, 2.75) is 13.3 Å². The average molecular weight is 334 g/mol. The molecule has 25 heavy (non-hydrogen) atoms. The summed E-state index contributed by atoms with van der Waals surface area (Å²) >= 11 is 0. The molecule has 0 saturated heterocycles. The van der Waals surface area contributed by atoms with Gasteiger partial charge in [-0.25, -0.2) is 0 Å². The molecule has 3 rings (SSSR count). The molecule has 0 fully saturated rings. The molecule has 1 amide bonds. The largest absolute Gasteiger partial charge is 0.497 e. The van der Waals surface area contributed by atoms with Crippen LogP contribution >= 0.6 is 0 Å². The lowest BCUT2D eigenvalue weighted by molar-refractivity contribution is -0.116. The first-order valence-corrected chi connectivity index (χ1v) is 8.32. The van der Waals surface area contributed by atoms with Crippen molar-refractivity contribution in [3.63, 3.8) is 0 Å². The van der Waals surface area contributed by atoms with Crippen molar-refractivity contribution in [3.8, 4) is 5.75 Å². The summed E-state index contributed by atoms with van der Waals surface area (Å²) in [6.45, 7) is 2.69. The Morgan fingerprint density at radius 2 is 2.00 bits per heavy atom. The number of fused-ring (bicyclic) bond motifs is 1. The fourth-order valence-electron chi connectivity index (χ4n) is 2.77. The Hall–Kier alpha value is -3.01. The van der Waals surface area contributed by atoms with Gasteiger partial charge in [0.1, 0.15) is 5.75 Å². The third-order valence-electron chi connectivity index (χ3n) is 4.16. The van der Waals surface area contributed by atoms with E-state index in [0.29, 0.717) is 6.54 Å². The maximum absolute atomic E-state index is 12.0. The lowest BCUT2D eigenvalue weighted by atomic mass is 10.1. The molecule has 0 saturated carbocycles. The van der Waals surface area contributed by atoms with E-state index in [1.165, 1.54) is 16.5 Å². The number of carbonyl (C=O) groups excluding carboxylic acids is 1. The molecule has 0 aliphatic rings. The van der Waals surface area contributed by atoms with Crippen LogP contribution in [0.25, 0.3) is 17.0 Å². The second-order valence-corrected chi connectivity index (χ2v) is 6.01. The van der Waals surface area contributed by atoms with E-state index in [1.54, 1.807) is 19.3 Å². The second-order valence-electron chi connectivity index (χ2n) is 6.01. The zero-order valence-electron chi connectivity index (χ0n) is 14.5. The van der Waals surface area contributed by atoms with E-state index in [1.807, 2.05) is 30.5 Å².